The first-order chi connectivity index (χ1) is 7.77. The molecule has 0 heterocycles. The number of hydrogen-bond donors (Lipinski definition) is 0. The van der Waals surface area contributed by atoms with E-state index >= 15 is 0 Å². The molecular weight excluding hydrogens is 200 g/mol. The van der Waals surface area contributed by atoms with E-state index in [1.807, 2.05) is 24.3 Å². The summed E-state index contributed by atoms with van der Waals surface area (Å²) >= 11 is 0. The third kappa shape index (κ3) is 4.01. The van der Waals surface area contributed by atoms with Crippen LogP contribution in [0.5, 0.6) is 0 Å². The average molecular weight is 218 g/mol. The third-order valence-corrected chi connectivity index (χ3v) is 2.47. The molecule has 0 saturated carbocycles. The number of hydrogen-bond acceptors (Lipinski definition) is 3. The molecule has 1 aromatic carbocycles. The van der Waals surface area contributed by atoms with E-state index in [-0.39, 0.29) is 0 Å². The zero-order valence-electron chi connectivity index (χ0n) is 9.94. The van der Waals surface area contributed by atoms with Crippen LogP contribution in [0.15, 0.2) is 24.3 Å². The molecule has 3 nitrogen and oxygen atoms in total. The van der Waals surface area contributed by atoms with Gasteiger partial charge in [-0.15, -0.1) is 0 Å². The number of benzene rings is 1. The number of rotatable bonds is 6. The van der Waals surface area contributed by atoms with Gasteiger partial charge in [0.2, 0.25) is 0 Å². The smallest absolute Gasteiger partial charge is 0.0995 e. The Morgan fingerprint density at radius 1 is 1.38 bits per heavy atom. The minimum Gasteiger partial charge on any atom is -0.385 e. The van der Waals surface area contributed by atoms with Crippen LogP contribution in [0.1, 0.15) is 17.5 Å². The summed E-state index contributed by atoms with van der Waals surface area (Å²) in [7, 11) is 3.77. The SMILES string of the molecule is COCCCN(C)Cc1ccccc1C#N. The van der Waals surface area contributed by atoms with E-state index in [4.69, 9.17) is 10.00 Å². The Hall–Kier alpha value is -1.37. The van der Waals surface area contributed by atoms with Crippen molar-refractivity contribution in [2.45, 2.75) is 13.0 Å². The van der Waals surface area contributed by atoms with E-state index in [0.29, 0.717) is 0 Å². The molecule has 0 unspecified atom stereocenters. The Kier molecular flexibility index (Phi) is 5.55. The molecule has 86 valence electrons. The van der Waals surface area contributed by atoms with Gasteiger partial charge in [-0.05, 0) is 25.1 Å². The highest BCUT2D eigenvalue weighted by atomic mass is 16.5. The molecule has 0 spiro atoms. The Labute approximate surface area is 97.3 Å². The average Bonchev–Trinajstić information content (AvgIpc) is 2.30. The maximum atomic E-state index is 8.96. The lowest BCUT2D eigenvalue weighted by atomic mass is 10.1. The van der Waals surface area contributed by atoms with E-state index in [1.54, 1.807) is 7.11 Å². The van der Waals surface area contributed by atoms with Crippen molar-refractivity contribution < 1.29 is 4.74 Å². The first-order valence-electron chi connectivity index (χ1n) is 5.43. The zero-order valence-corrected chi connectivity index (χ0v) is 9.94. The molecular formula is C13H18N2O. The topological polar surface area (TPSA) is 36.3 Å². The van der Waals surface area contributed by atoms with Crippen LogP contribution in [0, 0.1) is 11.3 Å². The quantitative estimate of drug-likeness (QED) is 0.685. The first-order valence-corrected chi connectivity index (χ1v) is 5.43. The van der Waals surface area contributed by atoms with Crippen molar-refractivity contribution in [1.82, 2.24) is 4.90 Å². The minimum atomic E-state index is 0.765. The highest BCUT2D eigenvalue weighted by Crippen LogP contribution is 2.09. The summed E-state index contributed by atoms with van der Waals surface area (Å²) in [4.78, 5) is 2.20. The van der Waals surface area contributed by atoms with Crippen molar-refractivity contribution in [1.29, 1.82) is 5.26 Å². The summed E-state index contributed by atoms with van der Waals surface area (Å²) in [5.74, 6) is 0. The standard InChI is InChI=1S/C13H18N2O/c1-15(8-5-9-16-2)11-13-7-4-3-6-12(13)10-14/h3-4,6-7H,5,8-9,11H2,1-2H3. The van der Waals surface area contributed by atoms with Gasteiger partial charge in [0.05, 0.1) is 11.6 Å². The second-order valence-electron chi connectivity index (χ2n) is 3.85. The molecule has 0 N–H and O–H groups in total. The molecule has 0 aliphatic rings. The normalized spacial score (nSPS) is 10.4. The second-order valence-corrected chi connectivity index (χ2v) is 3.85. The van der Waals surface area contributed by atoms with Crippen LogP contribution in [0.4, 0.5) is 0 Å². The maximum Gasteiger partial charge on any atom is 0.0995 e. The van der Waals surface area contributed by atoms with Gasteiger partial charge in [-0.3, -0.25) is 0 Å². The zero-order chi connectivity index (χ0) is 11.8. The summed E-state index contributed by atoms with van der Waals surface area (Å²) in [6, 6.07) is 9.95. The molecule has 0 saturated heterocycles. The summed E-state index contributed by atoms with van der Waals surface area (Å²) in [6.45, 7) is 2.57. The van der Waals surface area contributed by atoms with Gasteiger partial charge in [-0.2, -0.15) is 5.26 Å². The molecule has 0 aliphatic carbocycles. The van der Waals surface area contributed by atoms with Crippen molar-refractivity contribution in [3.05, 3.63) is 35.4 Å². The van der Waals surface area contributed by atoms with Gasteiger partial charge in [-0.25, -0.2) is 0 Å². The van der Waals surface area contributed by atoms with Crippen LogP contribution >= 0.6 is 0 Å². The molecule has 16 heavy (non-hydrogen) atoms. The Bertz CT molecular complexity index is 357. The van der Waals surface area contributed by atoms with Crippen LogP contribution in [0.2, 0.25) is 0 Å². The fraction of sp³-hybridized carbons (Fsp3) is 0.462. The van der Waals surface area contributed by atoms with Gasteiger partial charge in [0, 0.05) is 26.8 Å². The van der Waals surface area contributed by atoms with Crippen LogP contribution < -0.4 is 0 Å². The molecule has 0 radical (unpaired) electrons. The molecule has 3 heteroatoms. The molecule has 0 fully saturated rings. The first kappa shape index (κ1) is 12.7. The maximum absolute atomic E-state index is 8.96. The molecule has 0 atom stereocenters. The Morgan fingerprint density at radius 3 is 2.81 bits per heavy atom. The lowest BCUT2D eigenvalue weighted by Gasteiger charge is -2.16. The van der Waals surface area contributed by atoms with Gasteiger partial charge < -0.3 is 9.64 Å². The van der Waals surface area contributed by atoms with Crippen LogP contribution in [-0.4, -0.2) is 32.2 Å². The van der Waals surface area contributed by atoms with Gasteiger partial charge in [0.1, 0.15) is 0 Å². The van der Waals surface area contributed by atoms with Crippen molar-refractivity contribution >= 4 is 0 Å². The monoisotopic (exact) mass is 218 g/mol. The van der Waals surface area contributed by atoms with Crippen molar-refractivity contribution in [3.8, 4) is 6.07 Å². The molecule has 0 aromatic heterocycles. The fourth-order valence-electron chi connectivity index (χ4n) is 1.62. The number of ether oxygens (including phenoxy) is 1. The second kappa shape index (κ2) is 7.00. The van der Waals surface area contributed by atoms with E-state index < -0.39 is 0 Å². The molecule has 0 bridgehead atoms. The Balaban J connectivity index is 2.49. The highest BCUT2D eigenvalue weighted by Gasteiger charge is 2.04. The van der Waals surface area contributed by atoms with E-state index in [9.17, 15) is 0 Å². The van der Waals surface area contributed by atoms with E-state index in [1.165, 1.54) is 0 Å². The molecule has 1 rings (SSSR count). The van der Waals surface area contributed by atoms with Crippen molar-refractivity contribution in [2.24, 2.45) is 0 Å². The number of nitriles is 1. The van der Waals surface area contributed by atoms with E-state index in [0.717, 1.165) is 37.2 Å². The fourth-order valence-corrected chi connectivity index (χ4v) is 1.62. The predicted molar refractivity (Wildman–Crippen MR) is 64.0 cm³/mol. The number of methoxy groups -OCH3 is 1. The van der Waals surface area contributed by atoms with Crippen molar-refractivity contribution in [2.75, 3.05) is 27.3 Å². The van der Waals surface area contributed by atoms with Gasteiger partial charge in [-0.1, -0.05) is 18.2 Å². The largest absolute Gasteiger partial charge is 0.385 e. The predicted octanol–water partition coefficient (Wildman–Crippen LogP) is 2.03. The molecule has 0 aliphatic heterocycles. The lowest BCUT2D eigenvalue weighted by Crippen LogP contribution is -2.20. The summed E-state index contributed by atoms with van der Waals surface area (Å²) in [6.07, 6.45) is 1.02. The molecule has 1 aromatic rings. The summed E-state index contributed by atoms with van der Waals surface area (Å²) in [5, 5.41) is 8.96. The van der Waals surface area contributed by atoms with Crippen LogP contribution in [0.3, 0.4) is 0 Å². The van der Waals surface area contributed by atoms with Crippen LogP contribution in [0.25, 0.3) is 0 Å². The third-order valence-electron chi connectivity index (χ3n) is 2.47. The number of nitrogens with zero attached hydrogens (tertiary/aromatic N) is 2. The van der Waals surface area contributed by atoms with Crippen molar-refractivity contribution in [3.63, 3.8) is 0 Å². The van der Waals surface area contributed by atoms with Gasteiger partial charge in [0.25, 0.3) is 0 Å². The van der Waals surface area contributed by atoms with Gasteiger partial charge >= 0.3 is 0 Å². The van der Waals surface area contributed by atoms with E-state index in [2.05, 4.69) is 18.0 Å². The Morgan fingerprint density at radius 2 is 2.12 bits per heavy atom. The van der Waals surface area contributed by atoms with Crippen LogP contribution in [-0.2, 0) is 11.3 Å². The summed E-state index contributed by atoms with van der Waals surface area (Å²) < 4.78 is 5.01. The van der Waals surface area contributed by atoms with Gasteiger partial charge in [0.15, 0.2) is 0 Å². The summed E-state index contributed by atoms with van der Waals surface area (Å²) in [5.41, 5.74) is 1.85. The molecule has 0 amide bonds. The minimum absolute atomic E-state index is 0.765. The highest BCUT2D eigenvalue weighted by molar-refractivity contribution is 5.37. The lowest BCUT2D eigenvalue weighted by molar-refractivity contribution is 0.178.